The average molecular weight is 758 g/mol. The molecule has 1 aliphatic heterocycles. The van der Waals surface area contributed by atoms with Crippen molar-refractivity contribution >= 4 is 94.0 Å². The maximum atomic E-state index is 6.91. The second kappa shape index (κ2) is 13.4. The first-order chi connectivity index (χ1) is 29.2. The van der Waals surface area contributed by atoms with E-state index in [1.165, 1.54) is 16.3 Å². The van der Waals surface area contributed by atoms with Crippen molar-refractivity contribution < 1.29 is 8.83 Å². The highest BCUT2D eigenvalue weighted by Crippen LogP contribution is 2.48. The molecule has 0 amide bonds. The van der Waals surface area contributed by atoms with Gasteiger partial charge in [-0.15, -0.1) is 0 Å². The van der Waals surface area contributed by atoms with E-state index in [2.05, 4.69) is 192 Å². The first-order valence-corrected chi connectivity index (χ1v) is 20.0. The fourth-order valence-corrected chi connectivity index (χ4v) is 8.96. The number of nitrogens with zero attached hydrogens (tertiary/aromatic N) is 2. The topological polar surface area (TPSA) is 53.9 Å². The molecule has 0 saturated carbocycles. The molecule has 0 saturated heterocycles. The van der Waals surface area contributed by atoms with Crippen LogP contribution in [0.5, 0.6) is 0 Å². The molecule has 1 atom stereocenters. The fraction of sp³-hybridized carbons (Fsp3) is 0.0185. The van der Waals surface area contributed by atoms with Crippen LogP contribution in [0.1, 0.15) is 22.7 Å². The van der Waals surface area contributed by atoms with Crippen molar-refractivity contribution in [2.75, 3.05) is 4.90 Å². The van der Waals surface area contributed by atoms with E-state index in [4.69, 9.17) is 13.8 Å². The number of aliphatic imine (C=N–C) groups is 1. The fourth-order valence-electron chi connectivity index (χ4n) is 8.96. The van der Waals surface area contributed by atoms with Crippen molar-refractivity contribution in [3.8, 4) is 0 Å². The Morgan fingerprint density at radius 1 is 0.475 bits per heavy atom. The second-order valence-corrected chi connectivity index (χ2v) is 15.1. The van der Waals surface area contributed by atoms with Crippen molar-refractivity contribution in [1.29, 1.82) is 0 Å². The summed E-state index contributed by atoms with van der Waals surface area (Å²) in [6.07, 6.45) is 2.24. The average Bonchev–Trinajstić information content (AvgIpc) is 3.89. The van der Waals surface area contributed by atoms with Gasteiger partial charge in [-0.05, 0) is 69.8 Å². The van der Waals surface area contributed by atoms with Gasteiger partial charge in [-0.3, -0.25) is 0 Å². The molecule has 0 fully saturated rings. The number of nitrogens with one attached hydrogen (secondary N) is 1. The summed E-state index contributed by atoms with van der Waals surface area (Å²) in [6, 6.07) is 67.8. The number of para-hydroxylation sites is 3. The number of rotatable bonds is 6. The van der Waals surface area contributed by atoms with Crippen LogP contribution < -0.4 is 10.2 Å². The van der Waals surface area contributed by atoms with Gasteiger partial charge in [0, 0.05) is 44.2 Å². The summed E-state index contributed by atoms with van der Waals surface area (Å²) in [5, 5.41) is 12.7. The lowest BCUT2D eigenvalue weighted by Crippen LogP contribution is -2.31. The van der Waals surface area contributed by atoms with Gasteiger partial charge in [0.1, 0.15) is 22.6 Å². The number of fused-ring (bicyclic) bond motifs is 9. The molecule has 1 aliphatic rings. The Kier molecular flexibility index (Phi) is 7.53. The SMILES string of the molecule is C1=C(c2ccccc2)N=C(c2cccc3oc4cc(N(c5ccccc5)c5cccc6c5oc5ccccc56)c5ccccc5c4c23)NC1c1ccc2ccccc2c1. The molecule has 0 bridgehead atoms. The lowest BCUT2D eigenvalue weighted by Gasteiger charge is -2.27. The second-order valence-electron chi connectivity index (χ2n) is 15.1. The van der Waals surface area contributed by atoms with Gasteiger partial charge in [-0.25, -0.2) is 4.99 Å². The third-order valence-electron chi connectivity index (χ3n) is 11.7. The molecule has 3 heterocycles. The van der Waals surface area contributed by atoms with Crippen LogP contribution in [0.3, 0.4) is 0 Å². The van der Waals surface area contributed by atoms with Crippen LogP contribution in [0.4, 0.5) is 17.1 Å². The number of benzene rings is 9. The van der Waals surface area contributed by atoms with Crippen molar-refractivity contribution in [3.05, 3.63) is 217 Å². The van der Waals surface area contributed by atoms with Crippen LogP contribution in [0.15, 0.2) is 214 Å². The zero-order valence-corrected chi connectivity index (χ0v) is 31.8. The van der Waals surface area contributed by atoms with Crippen molar-refractivity contribution in [1.82, 2.24) is 5.32 Å². The molecule has 2 aromatic heterocycles. The standard InChI is InChI=1S/C54H35N3O2/c1-3-16-35(17-4-1)44-32-45(37-30-29-34-15-7-8-18-36(34)31-37)56-54(55-44)43-25-14-28-49-52(43)51-41-23-10-9-21-39(41)47(33-50(51)58-49)57(38-19-5-2-6-20-38)46-26-13-24-42-40-22-11-12-27-48(40)59-53(42)46/h1-33,45H,(H,55,56). The maximum absolute atomic E-state index is 6.91. The normalized spacial score (nSPS) is 14.3. The largest absolute Gasteiger partial charge is 0.456 e. The predicted molar refractivity (Wildman–Crippen MR) is 244 cm³/mol. The Bertz CT molecular complexity index is 3490. The number of furan rings is 2. The van der Waals surface area contributed by atoms with E-state index in [1.807, 2.05) is 18.2 Å². The monoisotopic (exact) mass is 757 g/mol. The first-order valence-electron chi connectivity index (χ1n) is 20.0. The van der Waals surface area contributed by atoms with Crippen LogP contribution >= 0.6 is 0 Å². The number of hydrogen-bond donors (Lipinski definition) is 1. The van der Waals surface area contributed by atoms with Crippen LogP contribution in [0.25, 0.3) is 71.1 Å². The summed E-state index contributed by atoms with van der Waals surface area (Å²) in [5.74, 6) is 0.799. The highest BCUT2D eigenvalue weighted by molar-refractivity contribution is 6.28. The lowest BCUT2D eigenvalue weighted by atomic mass is 9.96. The molecule has 1 N–H and O–H groups in total. The molecule has 5 nitrogen and oxygen atoms in total. The van der Waals surface area contributed by atoms with E-state index in [1.54, 1.807) is 0 Å². The quantitative estimate of drug-likeness (QED) is 0.184. The Morgan fingerprint density at radius 3 is 2.03 bits per heavy atom. The number of anilines is 3. The van der Waals surface area contributed by atoms with Gasteiger partial charge in [0.25, 0.3) is 0 Å². The maximum Gasteiger partial charge on any atom is 0.159 e. The minimum Gasteiger partial charge on any atom is -0.456 e. The van der Waals surface area contributed by atoms with Gasteiger partial charge in [0.2, 0.25) is 0 Å². The Morgan fingerprint density at radius 2 is 1.17 bits per heavy atom. The van der Waals surface area contributed by atoms with Crippen LogP contribution in [-0.4, -0.2) is 5.84 Å². The van der Waals surface area contributed by atoms with Crippen molar-refractivity contribution in [2.45, 2.75) is 6.04 Å². The van der Waals surface area contributed by atoms with Crippen LogP contribution in [-0.2, 0) is 0 Å². The van der Waals surface area contributed by atoms with Gasteiger partial charge < -0.3 is 19.1 Å². The number of amidine groups is 1. The first kappa shape index (κ1) is 33.3. The van der Waals surface area contributed by atoms with Crippen LogP contribution in [0.2, 0.25) is 0 Å². The summed E-state index contributed by atoms with van der Waals surface area (Å²) in [4.78, 5) is 7.66. The van der Waals surface area contributed by atoms with E-state index in [-0.39, 0.29) is 6.04 Å². The van der Waals surface area contributed by atoms with E-state index in [0.717, 1.165) is 94.4 Å². The van der Waals surface area contributed by atoms with Gasteiger partial charge in [0.15, 0.2) is 5.58 Å². The molecule has 278 valence electrons. The molecule has 11 aromatic rings. The molecule has 0 spiro atoms. The molecule has 12 rings (SSSR count). The van der Waals surface area contributed by atoms with Crippen molar-refractivity contribution in [3.63, 3.8) is 0 Å². The van der Waals surface area contributed by atoms with Gasteiger partial charge >= 0.3 is 0 Å². The third kappa shape index (κ3) is 5.43. The molecule has 59 heavy (non-hydrogen) atoms. The highest BCUT2D eigenvalue weighted by Gasteiger charge is 2.27. The lowest BCUT2D eigenvalue weighted by molar-refractivity contribution is 0.667. The minimum absolute atomic E-state index is 0.112. The van der Waals surface area contributed by atoms with E-state index in [0.29, 0.717) is 0 Å². The Labute approximate surface area is 339 Å². The summed E-state index contributed by atoms with van der Waals surface area (Å²) < 4.78 is 13.6. The van der Waals surface area contributed by atoms with Crippen LogP contribution in [0, 0.1) is 0 Å². The van der Waals surface area contributed by atoms with Gasteiger partial charge in [-0.1, -0.05) is 152 Å². The summed E-state index contributed by atoms with van der Waals surface area (Å²) in [5.41, 5.74) is 10.4. The molecule has 9 aromatic carbocycles. The van der Waals surface area contributed by atoms with Gasteiger partial charge in [0.05, 0.1) is 23.1 Å². The predicted octanol–water partition coefficient (Wildman–Crippen LogP) is 14.4. The molecule has 1 unspecified atom stereocenters. The Balaban J connectivity index is 1.08. The molecule has 5 heteroatoms. The highest BCUT2D eigenvalue weighted by atomic mass is 16.3. The molecule has 0 aliphatic carbocycles. The van der Waals surface area contributed by atoms with Crippen molar-refractivity contribution in [2.24, 2.45) is 4.99 Å². The Hall–Kier alpha value is -7.89. The van der Waals surface area contributed by atoms with E-state index < -0.39 is 0 Å². The van der Waals surface area contributed by atoms with E-state index >= 15 is 0 Å². The summed E-state index contributed by atoms with van der Waals surface area (Å²) >= 11 is 0. The summed E-state index contributed by atoms with van der Waals surface area (Å²) in [7, 11) is 0. The zero-order valence-electron chi connectivity index (χ0n) is 31.8. The zero-order chi connectivity index (χ0) is 38.9. The molecule has 0 radical (unpaired) electrons. The molecular formula is C54H35N3O2. The minimum atomic E-state index is -0.112. The molecular weight excluding hydrogens is 723 g/mol. The number of hydrogen-bond acceptors (Lipinski definition) is 5. The smallest absolute Gasteiger partial charge is 0.159 e. The third-order valence-corrected chi connectivity index (χ3v) is 11.7. The van der Waals surface area contributed by atoms with Gasteiger partial charge in [-0.2, -0.15) is 0 Å². The van der Waals surface area contributed by atoms with E-state index in [9.17, 15) is 0 Å². The summed E-state index contributed by atoms with van der Waals surface area (Å²) in [6.45, 7) is 0.